The first-order valence-corrected chi connectivity index (χ1v) is 12.0. The lowest BCUT2D eigenvalue weighted by molar-refractivity contribution is -0.144. The highest BCUT2D eigenvalue weighted by molar-refractivity contribution is 5.95. The fraction of sp³-hybridized carbons (Fsp3) is 0.520. The molecule has 0 aliphatic rings. The monoisotopic (exact) mass is 503 g/mol. The number of carboxylic acid groups (broad SMARTS) is 1. The predicted molar refractivity (Wildman–Crippen MR) is 135 cm³/mol. The van der Waals surface area contributed by atoms with Crippen LogP contribution in [0.15, 0.2) is 30.5 Å². The SMILES string of the molecule is CCC(C)C(NC(=O)C(CO)NC(=O)C(Cc1c[nH]c2ccccc12)NC(=O)C(N)C(C)C)C(=O)O. The van der Waals surface area contributed by atoms with Crippen LogP contribution in [0, 0.1) is 11.8 Å². The molecule has 3 amide bonds. The molecule has 1 aromatic carbocycles. The molecule has 0 radical (unpaired) electrons. The van der Waals surface area contributed by atoms with E-state index >= 15 is 0 Å². The summed E-state index contributed by atoms with van der Waals surface area (Å²) in [5.74, 6) is -3.84. The van der Waals surface area contributed by atoms with Crippen LogP contribution >= 0.6 is 0 Å². The molecule has 0 bridgehead atoms. The highest BCUT2D eigenvalue weighted by Crippen LogP contribution is 2.19. The summed E-state index contributed by atoms with van der Waals surface area (Å²) in [6.45, 7) is 6.26. The van der Waals surface area contributed by atoms with Crippen LogP contribution in [0.4, 0.5) is 0 Å². The fourth-order valence-corrected chi connectivity index (χ4v) is 3.70. The second kappa shape index (κ2) is 13.0. The van der Waals surface area contributed by atoms with Gasteiger partial charge in [-0.05, 0) is 23.5 Å². The molecule has 1 heterocycles. The number of nitrogens with two attached hydrogens (primary N) is 1. The van der Waals surface area contributed by atoms with E-state index in [1.54, 1.807) is 33.9 Å². The van der Waals surface area contributed by atoms with Gasteiger partial charge in [0.1, 0.15) is 18.1 Å². The maximum atomic E-state index is 13.2. The van der Waals surface area contributed by atoms with Crippen molar-refractivity contribution in [3.05, 3.63) is 36.0 Å². The summed E-state index contributed by atoms with van der Waals surface area (Å²) in [6.07, 6.45) is 2.33. The Bertz CT molecular complexity index is 1070. The number of carboxylic acids is 1. The first-order chi connectivity index (χ1) is 17.0. The second-order valence-corrected chi connectivity index (χ2v) is 9.35. The van der Waals surface area contributed by atoms with Gasteiger partial charge >= 0.3 is 5.97 Å². The number of fused-ring (bicyclic) bond motifs is 1. The normalized spacial score (nSPS) is 15.5. The molecule has 5 atom stereocenters. The number of nitrogens with one attached hydrogen (secondary N) is 4. The smallest absolute Gasteiger partial charge is 0.326 e. The van der Waals surface area contributed by atoms with Crippen molar-refractivity contribution in [3.63, 3.8) is 0 Å². The predicted octanol–water partition coefficient (Wildman–Crippen LogP) is 0.271. The highest BCUT2D eigenvalue weighted by atomic mass is 16.4. The van der Waals surface area contributed by atoms with E-state index in [-0.39, 0.29) is 18.3 Å². The summed E-state index contributed by atoms with van der Waals surface area (Å²) in [6, 6.07) is 2.92. The van der Waals surface area contributed by atoms with E-state index in [0.717, 1.165) is 16.5 Å². The third kappa shape index (κ3) is 7.28. The lowest BCUT2D eigenvalue weighted by Gasteiger charge is -2.26. The van der Waals surface area contributed by atoms with Crippen molar-refractivity contribution in [1.29, 1.82) is 0 Å². The number of benzene rings is 1. The van der Waals surface area contributed by atoms with Gasteiger partial charge in [-0.1, -0.05) is 52.3 Å². The minimum atomic E-state index is -1.41. The zero-order valence-electron chi connectivity index (χ0n) is 21.1. The topological polar surface area (TPSA) is 187 Å². The molecular formula is C25H37N5O6. The average molecular weight is 504 g/mol. The van der Waals surface area contributed by atoms with Gasteiger partial charge in [0.15, 0.2) is 0 Å². The Kier molecular flexibility index (Phi) is 10.4. The van der Waals surface area contributed by atoms with Crippen molar-refractivity contribution in [2.45, 2.75) is 64.7 Å². The molecule has 2 aromatic rings. The summed E-state index contributed by atoms with van der Waals surface area (Å²) in [5, 5.41) is 27.6. The molecule has 8 N–H and O–H groups in total. The number of aliphatic hydroxyl groups is 1. The molecule has 1 aromatic heterocycles. The molecule has 0 fully saturated rings. The van der Waals surface area contributed by atoms with Gasteiger partial charge < -0.3 is 36.9 Å². The maximum Gasteiger partial charge on any atom is 0.326 e. The Morgan fingerprint density at radius 3 is 2.17 bits per heavy atom. The summed E-state index contributed by atoms with van der Waals surface area (Å²) in [7, 11) is 0. The zero-order valence-corrected chi connectivity index (χ0v) is 21.1. The zero-order chi connectivity index (χ0) is 27.0. The van der Waals surface area contributed by atoms with Crippen LogP contribution in [0.3, 0.4) is 0 Å². The van der Waals surface area contributed by atoms with Gasteiger partial charge in [-0.25, -0.2) is 4.79 Å². The molecule has 5 unspecified atom stereocenters. The molecule has 0 aliphatic carbocycles. The summed E-state index contributed by atoms with van der Waals surface area (Å²) < 4.78 is 0. The van der Waals surface area contributed by atoms with Crippen molar-refractivity contribution in [2.24, 2.45) is 17.6 Å². The Morgan fingerprint density at radius 1 is 0.972 bits per heavy atom. The molecule has 0 aliphatic heterocycles. The lowest BCUT2D eigenvalue weighted by Crippen LogP contribution is -2.59. The minimum absolute atomic E-state index is 0.0940. The van der Waals surface area contributed by atoms with E-state index < -0.39 is 54.5 Å². The molecule has 198 valence electrons. The van der Waals surface area contributed by atoms with Crippen molar-refractivity contribution in [2.75, 3.05) is 6.61 Å². The van der Waals surface area contributed by atoms with E-state index in [9.17, 15) is 29.4 Å². The molecule has 0 spiro atoms. The van der Waals surface area contributed by atoms with Crippen LogP contribution in [0.25, 0.3) is 10.9 Å². The van der Waals surface area contributed by atoms with E-state index in [0.29, 0.717) is 6.42 Å². The van der Waals surface area contributed by atoms with Crippen LogP contribution in [-0.2, 0) is 25.6 Å². The number of amides is 3. The lowest BCUT2D eigenvalue weighted by atomic mass is 9.99. The molecule has 0 saturated heterocycles. The number of para-hydroxylation sites is 1. The quantitative estimate of drug-likeness (QED) is 0.204. The van der Waals surface area contributed by atoms with Crippen LogP contribution in [0.2, 0.25) is 0 Å². The van der Waals surface area contributed by atoms with Crippen molar-refractivity contribution >= 4 is 34.6 Å². The van der Waals surface area contributed by atoms with Gasteiger partial charge in [-0.15, -0.1) is 0 Å². The number of hydrogen-bond acceptors (Lipinski definition) is 6. The summed E-state index contributed by atoms with van der Waals surface area (Å²) in [5.41, 5.74) is 7.58. The second-order valence-electron chi connectivity index (χ2n) is 9.35. The number of aromatic amines is 1. The number of carbonyl (C=O) groups excluding carboxylic acids is 3. The van der Waals surface area contributed by atoms with E-state index in [2.05, 4.69) is 20.9 Å². The first kappa shape index (κ1) is 28.8. The van der Waals surface area contributed by atoms with Crippen LogP contribution < -0.4 is 21.7 Å². The number of hydrogen-bond donors (Lipinski definition) is 7. The third-order valence-corrected chi connectivity index (χ3v) is 6.35. The number of rotatable bonds is 13. The molecule has 11 nitrogen and oxygen atoms in total. The van der Waals surface area contributed by atoms with Crippen LogP contribution in [-0.4, -0.2) is 69.7 Å². The van der Waals surface area contributed by atoms with E-state index in [1.807, 2.05) is 24.3 Å². The third-order valence-electron chi connectivity index (χ3n) is 6.35. The number of aliphatic carboxylic acids is 1. The van der Waals surface area contributed by atoms with Crippen molar-refractivity contribution < 1.29 is 29.4 Å². The van der Waals surface area contributed by atoms with Crippen molar-refractivity contribution in [1.82, 2.24) is 20.9 Å². The number of aliphatic hydroxyl groups excluding tert-OH is 1. The Balaban J connectivity index is 2.25. The largest absolute Gasteiger partial charge is 0.480 e. The summed E-state index contributed by atoms with van der Waals surface area (Å²) >= 11 is 0. The minimum Gasteiger partial charge on any atom is -0.480 e. The number of H-pyrrole nitrogens is 1. The molecule has 2 rings (SSSR count). The molecule has 36 heavy (non-hydrogen) atoms. The Hall–Kier alpha value is -3.44. The van der Waals surface area contributed by atoms with Crippen LogP contribution in [0.5, 0.6) is 0 Å². The average Bonchev–Trinajstić information content (AvgIpc) is 3.26. The number of carbonyl (C=O) groups is 4. The van der Waals surface area contributed by atoms with Gasteiger partial charge in [0, 0.05) is 23.5 Å². The first-order valence-electron chi connectivity index (χ1n) is 12.0. The molecular weight excluding hydrogens is 466 g/mol. The Labute approximate surface area is 210 Å². The van der Waals surface area contributed by atoms with Gasteiger partial charge in [0.25, 0.3) is 0 Å². The number of aromatic nitrogens is 1. The Morgan fingerprint density at radius 2 is 1.58 bits per heavy atom. The van der Waals surface area contributed by atoms with Gasteiger partial charge in [-0.2, -0.15) is 0 Å². The molecule has 11 heteroatoms. The summed E-state index contributed by atoms with van der Waals surface area (Å²) in [4.78, 5) is 53.3. The standard InChI is InChI=1S/C25H37N5O6/c1-5-14(4)21(25(35)36)30-23(33)19(12-31)29-22(32)18(28-24(34)20(26)13(2)3)10-15-11-27-17-9-7-6-8-16(15)17/h6-9,11,13-14,18-21,27,31H,5,10,12,26H2,1-4H3,(H,28,34)(H,29,32)(H,30,33)(H,35,36). The van der Waals surface area contributed by atoms with Gasteiger partial charge in [0.05, 0.1) is 12.6 Å². The molecule has 0 saturated carbocycles. The fourth-order valence-electron chi connectivity index (χ4n) is 3.70. The van der Waals surface area contributed by atoms with Crippen LogP contribution in [0.1, 0.15) is 39.7 Å². The maximum absolute atomic E-state index is 13.2. The van der Waals surface area contributed by atoms with E-state index in [4.69, 9.17) is 5.73 Å². The highest BCUT2D eigenvalue weighted by Gasteiger charge is 2.32. The van der Waals surface area contributed by atoms with Crippen molar-refractivity contribution in [3.8, 4) is 0 Å². The van der Waals surface area contributed by atoms with Gasteiger partial charge in [-0.3, -0.25) is 14.4 Å². The van der Waals surface area contributed by atoms with Gasteiger partial charge in [0.2, 0.25) is 17.7 Å². The van der Waals surface area contributed by atoms with E-state index in [1.165, 1.54) is 0 Å².